The van der Waals surface area contributed by atoms with Crippen LogP contribution in [0.2, 0.25) is 0 Å². The summed E-state index contributed by atoms with van der Waals surface area (Å²) in [7, 11) is 0. The summed E-state index contributed by atoms with van der Waals surface area (Å²) in [4.78, 5) is 18.9. The van der Waals surface area contributed by atoms with Crippen molar-refractivity contribution in [1.29, 1.82) is 0 Å². The number of pyridine rings is 1. The van der Waals surface area contributed by atoms with Gasteiger partial charge in [0.15, 0.2) is 0 Å². The molecule has 1 aliphatic heterocycles. The van der Waals surface area contributed by atoms with Crippen LogP contribution in [0.1, 0.15) is 30.1 Å². The van der Waals surface area contributed by atoms with Crippen molar-refractivity contribution in [3.05, 3.63) is 23.9 Å². The summed E-state index contributed by atoms with van der Waals surface area (Å²) in [6.07, 6.45) is 4.27. The van der Waals surface area contributed by atoms with Crippen molar-refractivity contribution in [1.82, 2.24) is 15.2 Å². The number of nitrogens with zero attached hydrogens (tertiary/aromatic N) is 2. The predicted octanol–water partition coefficient (Wildman–Crippen LogP) is 1.35. The SMILES string of the molecule is C[C@H](CNC(=O)c1ccc(NCC2CC2)nc1)N1CCOCC1. The van der Waals surface area contributed by atoms with Gasteiger partial charge in [-0.3, -0.25) is 9.69 Å². The summed E-state index contributed by atoms with van der Waals surface area (Å²) in [6.45, 7) is 7.17. The van der Waals surface area contributed by atoms with Gasteiger partial charge in [-0.05, 0) is 37.8 Å². The molecule has 23 heavy (non-hydrogen) atoms. The summed E-state index contributed by atoms with van der Waals surface area (Å²) >= 11 is 0. The molecule has 0 aromatic carbocycles. The summed E-state index contributed by atoms with van der Waals surface area (Å²) in [6, 6.07) is 4.02. The first kappa shape index (κ1) is 16.2. The molecule has 6 heteroatoms. The maximum absolute atomic E-state index is 12.2. The van der Waals surface area contributed by atoms with Gasteiger partial charge in [0.1, 0.15) is 5.82 Å². The first-order valence-electron chi connectivity index (χ1n) is 8.52. The second-order valence-corrected chi connectivity index (χ2v) is 6.46. The van der Waals surface area contributed by atoms with Gasteiger partial charge in [-0.1, -0.05) is 0 Å². The smallest absolute Gasteiger partial charge is 0.252 e. The van der Waals surface area contributed by atoms with Gasteiger partial charge >= 0.3 is 0 Å². The molecule has 2 heterocycles. The highest BCUT2D eigenvalue weighted by atomic mass is 16.5. The molecule has 2 N–H and O–H groups in total. The van der Waals surface area contributed by atoms with Crippen molar-refractivity contribution >= 4 is 11.7 Å². The van der Waals surface area contributed by atoms with E-state index in [1.807, 2.05) is 12.1 Å². The molecule has 0 unspecified atom stereocenters. The van der Waals surface area contributed by atoms with E-state index in [0.29, 0.717) is 18.2 Å². The summed E-state index contributed by atoms with van der Waals surface area (Å²) < 4.78 is 5.35. The van der Waals surface area contributed by atoms with Crippen LogP contribution in [0.15, 0.2) is 18.3 Å². The molecule has 1 aromatic heterocycles. The highest BCUT2D eigenvalue weighted by Crippen LogP contribution is 2.28. The number of anilines is 1. The molecular formula is C17H26N4O2. The number of hydrogen-bond acceptors (Lipinski definition) is 5. The Morgan fingerprint density at radius 3 is 2.83 bits per heavy atom. The second kappa shape index (κ2) is 7.75. The maximum Gasteiger partial charge on any atom is 0.252 e. The molecule has 1 saturated heterocycles. The predicted molar refractivity (Wildman–Crippen MR) is 89.6 cm³/mol. The molecule has 0 bridgehead atoms. The van der Waals surface area contributed by atoms with Gasteiger partial charge in [0.05, 0.1) is 18.8 Å². The number of hydrogen-bond donors (Lipinski definition) is 2. The largest absolute Gasteiger partial charge is 0.379 e. The van der Waals surface area contributed by atoms with Crippen LogP contribution in [0.4, 0.5) is 5.82 Å². The fraction of sp³-hybridized carbons (Fsp3) is 0.647. The Balaban J connectivity index is 1.43. The van der Waals surface area contributed by atoms with E-state index >= 15 is 0 Å². The second-order valence-electron chi connectivity index (χ2n) is 6.46. The third-order valence-electron chi connectivity index (χ3n) is 4.52. The number of amides is 1. The Bertz CT molecular complexity index is 510. The lowest BCUT2D eigenvalue weighted by atomic mass is 10.2. The van der Waals surface area contributed by atoms with Crippen LogP contribution in [0.25, 0.3) is 0 Å². The van der Waals surface area contributed by atoms with E-state index in [1.165, 1.54) is 12.8 Å². The van der Waals surface area contributed by atoms with Crippen LogP contribution in [-0.4, -0.2) is 61.2 Å². The van der Waals surface area contributed by atoms with Crippen LogP contribution in [0.5, 0.6) is 0 Å². The minimum absolute atomic E-state index is 0.0636. The summed E-state index contributed by atoms with van der Waals surface area (Å²) in [5.74, 6) is 1.59. The van der Waals surface area contributed by atoms with Crippen LogP contribution in [-0.2, 0) is 4.74 Å². The van der Waals surface area contributed by atoms with Crippen LogP contribution < -0.4 is 10.6 Å². The molecule has 1 amide bonds. The first-order valence-corrected chi connectivity index (χ1v) is 8.52. The minimum atomic E-state index is -0.0636. The van der Waals surface area contributed by atoms with E-state index in [4.69, 9.17) is 4.74 Å². The quantitative estimate of drug-likeness (QED) is 0.794. The lowest BCUT2D eigenvalue weighted by Gasteiger charge is -2.32. The third-order valence-corrected chi connectivity index (χ3v) is 4.52. The van der Waals surface area contributed by atoms with E-state index in [0.717, 1.165) is 44.6 Å². The average molecular weight is 318 g/mol. The Morgan fingerprint density at radius 1 is 1.39 bits per heavy atom. The van der Waals surface area contributed by atoms with E-state index < -0.39 is 0 Å². The molecular weight excluding hydrogens is 292 g/mol. The van der Waals surface area contributed by atoms with Crippen molar-refractivity contribution in [2.45, 2.75) is 25.8 Å². The zero-order chi connectivity index (χ0) is 16.1. The van der Waals surface area contributed by atoms with E-state index in [-0.39, 0.29) is 5.91 Å². The van der Waals surface area contributed by atoms with Gasteiger partial charge in [-0.15, -0.1) is 0 Å². The van der Waals surface area contributed by atoms with E-state index in [9.17, 15) is 4.79 Å². The normalized spacial score (nSPS) is 20.0. The lowest BCUT2D eigenvalue weighted by Crippen LogP contribution is -2.47. The van der Waals surface area contributed by atoms with Gasteiger partial charge in [0.25, 0.3) is 5.91 Å². The van der Waals surface area contributed by atoms with Gasteiger partial charge in [0, 0.05) is 38.4 Å². The van der Waals surface area contributed by atoms with Crippen molar-refractivity contribution in [3.8, 4) is 0 Å². The molecule has 2 aliphatic rings. The molecule has 1 atom stereocenters. The summed E-state index contributed by atoms with van der Waals surface area (Å²) in [5.41, 5.74) is 0.608. The van der Waals surface area contributed by atoms with Gasteiger partial charge < -0.3 is 15.4 Å². The zero-order valence-electron chi connectivity index (χ0n) is 13.8. The fourth-order valence-electron chi connectivity index (χ4n) is 2.69. The molecule has 1 aromatic rings. The minimum Gasteiger partial charge on any atom is -0.379 e. The lowest BCUT2D eigenvalue weighted by molar-refractivity contribution is 0.0204. The van der Waals surface area contributed by atoms with Crippen molar-refractivity contribution in [2.75, 3.05) is 44.7 Å². The number of nitrogens with one attached hydrogen (secondary N) is 2. The van der Waals surface area contributed by atoms with Gasteiger partial charge in [-0.25, -0.2) is 4.98 Å². The van der Waals surface area contributed by atoms with Gasteiger partial charge in [-0.2, -0.15) is 0 Å². The average Bonchev–Trinajstić information content (AvgIpc) is 3.43. The molecule has 126 valence electrons. The number of carbonyl (C=O) groups excluding carboxylic acids is 1. The molecule has 1 aliphatic carbocycles. The fourth-order valence-corrected chi connectivity index (χ4v) is 2.69. The number of ether oxygens (including phenoxy) is 1. The Kier molecular flexibility index (Phi) is 5.46. The Labute approximate surface area is 137 Å². The van der Waals surface area contributed by atoms with E-state index in [1.54, 1.807) is 6.20 Å². The highest BCUT2D eigenvalue weighted by Gasteiger charge is 2.21. The molecule has 0 radical (unpaired) electrons. The number of carbonyl (C=O) groups is 1. The molecule has 0 spiro atoms. The van der Waals surface area contributed by atoms with Crippen LogP contribution >= 0.6 is 0 Å². The number of rotatable bonds is 7. The Morgan fingerprint density at radius 2 is 2.17 bits per heavy atom. The number of morpholine rings is 1. The van der Waals surface area contributed by atoms with Crippen molar-refractivity contribution in [2.24, 2.45) is 5.92 Å². The third kappa shape index (κ3) is 4.91. The topological polar surface area (TPSA) is 66.5 Å². The molecule has 6 nitrogen and oxygen atoms in total. The van der Waals surface area contributed by atoms with Crippen LogP contribution in [0, 0.1) is 5.92 Å². The Hall–Kier alpha value is -1.66. The maximum atomic E-state index is 12.2. The zero-order valence-corrected chi connectivity index (χ0v) is 13.8. The van der Waals surface area contributed by atoms with E-state index in [2.05, 4.69) is 27.4 Å². The standard InChI is InChI=1S/C17H26N4O2/c1-13(21-6-8-23-9-7-21)10-20-17(22)15-4-5-16(19-12-15)18-11-14-2-3-14/h4-5,12-14H,2-3,6-11H2,1H3,(H,18,19)(H,20,22)/t13-/m1/s1. The molecule has 3 rings (SSSR count). The van der Waals surface area contributed by atoms with Crippen LogP contribution in [0.3, 0.4) is 0 Å². The monoisotopic (exact) mass is 318 g/mol. The van der Waals surface area contributed by atoms with Gasteiger partial charge in [0.2, 0.25) is 0 Å². The molecule has 2 fully saturated rings. The van der Waals surface area contributed by atoms with Crippen molar-refractivity contribution < 1.29 is 9.53 Å². The number of aromatic nitrogens is 1. The first-order chi connectivity index (χ1) is 11.2. The summed E-state index contributed by atoms with van der Waals surface area (Å²) in [5, 5.41) is 6.30. The molecule has 1 saturated carbocycles. The highest BCUT2D eigenvalue weighted by molar-refractivity contribution is 5.94. The van der Waals surface area contributed by atoms with Crippen molar-refractivity contribution in [3.63, 3.8) is 0 Å².